The molecule has 150 valence electrons. The maximum absolute atomic E-state index is 12.7. The Balaban J connectivity index is 1.87. The summed E-state index contributed by atoms with van der Waals surface area (Å²) in [5, 5.41) is 0. The number of aromatic nitrogens is 3. The minimum atomic E-state index is -0.335. The first-order valence-electron chi connectivity index (χ1n) is 9.75. The van der Waals surface area contributed by atoms with Crippen LogP contribution in [0.5, 0.6) is 5.75 Å². The number of rotatable bonds is 5. The zero-order chi connectivity index (χ0) is 20.4. The van der Waals surface area contributed by atoms with Crippen LogP contribution in [0, 0.1) is 0 Å². The number of methoxy groups -OCH3 is 1. The van der Waals surface area contributed by atoms with Gasteiger partial charge in [-0.05, 0) is 61.1 Å². The molecule has 0 aliphatic heterocycles. The first-order valence-corrected chi connectivity index (χ1v) is 9.75. The van der Waals surface area contributed by atoms with E-state index >= 15 is 0 Å². The van der Waals surface area contributed by atoms with Gasteiger partial charge in [-0.15, -0.1) is 0 Å². The molecule has 0 amide bonds. The molecule has 2 N–H and O–H groups in total. The van der Waals surface area contributed by atoms with Gasteiger partial charge in [-0.3, -0.25) is 0 Å². The quantitative estimate of drug-likeness (QED) is 0.670. The van der Waals surface area contributed by atoms with Crippen LogP contribution >= 0.6 is 0 Å². The number of nitrogens with zero attached hydrogens (tertiary/aromatic N) is 3. The highest BCUT2D eigenvalue weighted by Crippen LogP contribution is 2.34. The molecule has 0 radical (unpaired) electrons. The summed E-state index contributed by atoms with van der Waals surface area (Å²) < 4.78 is 12.6. The number of benzene rings is 1. The molecule has 0 bridgehead atoms. The molecule has 1 aliphatic carbocycles. The molecule has 2 aromatic heterocycles. The summed E-state index contributed by atoms with van der Waals surface area (Å²) in [4.78, 5) is 21.4. The molecule has 0 saturated carbocycles. The number of carbonyl (C=O) groups is 1. The summed E-state index contributed by atoms with van der Waals surface area (Å²) in [6, 6.07) is 9.74. The summed E-state index contributed by atoms with van der Waals surface area (Å²) in [6.07, 6.45) is 4.48. The Morgan fingerprint density at radius 3 is 2.69 bits per heavy atom. The molecule has 0 atom stereocenters. The van der Waals surface area contributed by atoms with E-state index in [4.69, 9.17) is 15.2 Å². The minimum absolute atomic E-state index is 0.228. The standard InChI is InChI=1S/C22H24N4O3/c1-3-29-21(27)18-11-15-5-4-6-16-12-24-22(23)25-19(16)20(15)26(18)13-14-7-9-17(28-2)10-8-14/h7-12H,3-6,13H2,1-2H3,(H2,23,24,25). The third-order valence-electron chi connectivity index (χ3n) is 5.16. The third-order valence-corrected chi connectivity index (χ3v) is 5.16. The van der Waals surface area contributed by atoms with Crippen LogP contribution in [0.3, 0.4) is 0 Å². The van der Waals surface area contributed by atoms with Crippen LogP contribution in [0.1, 0.15) is 40.5 Å². The van der Waals surface area contributed by atoms with Crippen LogP contribution in [0.25, 0.3) is 11.4 Å². The molecule has 7 nitrogen and oxygen atoms in total. The maximum atomic E-state index is 12.7. The molecule has 1 aromatic carbocycles. The minimum Gasteiger partial charge on any atom is -0.497 e. The highest BCUT2D eigenvalue weighted by atomic mass is 16.5. The van der Waals surface area contributed by atoms with E-state index in [2.05, 4.69) is 9.97 Å². The van der Waals surface area contributed by atoms with Crippen molar-refractivity contribution in [3.63, 3.8) is 0 Å². The van der Waals surface area contributed by atoms with Crippen LogP contribution in [-0.2, 0) is 24.1 Å². The number of anilines is 1. The van der Waals surface area contributed by atoms with E-state index in [1.54, 1.807) is 13.3 Å². The molecule has 0 saturated heterocycles. The summed E-state index contributed by atoms with van der Waals surface area (Å²) in [7, 11) is 1.64. The molecule has 1 aliphatic rings. The number of aryl methyl sites for hydroxylation is 2. The zero-order valence-corrected chi connectivity index (χ0v) is 16.6. The zero-order valence-electron chi connectivity index (χ0n) is 16.6. The van der Waals surface area contributed by atoms with E-state index in [0.29, 0.717) is 18.8 Å². The third kappa shape index (κ3) is 3.68. The Kier molecular flexibility index (Phi) is 5.20. The van der Waals surface area contributed by atoms with Gasteiger partial charge in [0, 0.05) is 12.7 Å². The summed E-state index contributed by atoms with van der Waals surface area (Å²) in [5.74, 6) is 0.681. The predicted octanol–water partition coefficient (Wildman–Crippen LogP) is 3.25. The van der Waals surface area contributed by atoms with Crippen LogP contribution < -0.4 is 10.5 Å². The van der Waals surface area contributed by atoms with E-state index < -0.39 is 0 Å². The van der Waals surface area contributed by atoms with Gasteiger partial charge in [0.15, 0.2) is 0 Å². The predicted molar refractivity (Wildman–Crippen MR) is 110 cm³/mol. The van der Waals surface area contributed by atoms with E-state index in [-0.39, 0.29) is 11.9 Å². The van der Waals surface area contributed by atoms with Crippen molar-refractivity contribution < 1.29 is 14.3 Å². The fourth-order valence-electron chi connectivity index (χ4n) is 3.81. The van der Waals surface area contributed by atoms with Crippen molar-refractivity contribution in [3.05, 3.63) is 58.9 Å². The molecule has 0 unspecified atom stereocenters. The molecule has 4 rings (SSSR count). The summed E-state index contributed by atoms with van der Waals surface area (Å²) in [5.41, 5.74) is 11.3. The Morgan fingerprint density at radius 1 is 1.21 bits per heavy atom. The van der Waals surface area contributed by atoms with Gasteiger partial charge in [0.2, 0.25) is 5.95 Å². The average molecular weight is 392 g/mol. The van der Waals surface area contributed by atoms with E-state index in [9.17, 15) is 4.79 Å². The number of nitrogen functional groups attached to an aromatic ring is 1. The topological polar surface area (TPSA) is 92.3 Å². The number of hydrogen-bond acceptors (Lipinski definition) is 6. The van der Waals surface area contributed by atoms with Gasteiger partial charge in [0.1, 0.15) is 11.4 Å². The second kappa shape index (κ2) is 7.95. The van der Waals surface area contributed by atoms with Gasteiger partial charge in [-0.25, -0.2) is 14.8 Å². The number of esters is 1. The van der Waals surface area contributed by atoms with E-state index in [0.717, 1.165) is 53.1 Å². The van der Waals surface area contributed by atoms with Crippen molar-refractivity contribution >= 4 is 11.9 Å². The van der Waals surface area contributed by atoms with Gasteiger partial charge < -0.3 is 19.8 Å². The first kappa shape index (κ1) is 19.0. The lowest BCUT2D eigenvalue weighted by molar-refractivity contribution is 0.0514. The lowest BCUT2D eigenvalue weighted by atomic mass is 10.1. The Bertz CT molecular complexity index is 1040. The molecule has 3 aromatic rings. The Labute approximate surface area is 169 Å². The summed E-state index contributed by atoms with van der Waals surface area (Å²) >= 11 is 0. The van der Waals surface area contributed by atoms with Crippen LogP contribution in [-0.4, -0.2) is 34.2 Å². The van der Waals surface area contributed by atoms with Gasteiger partial charge in [0.05, 0.1) is 25.1 Å². The Hall–Kier alpha value is -3.35. The van der Waals surface area contributed by atoms with Crippen molar-refractivity contribution in [1.82, 2.24) is 14.5 Å². The number of fused-ring (bicyclic) bond motifs is 3. The molecular formula is C22H24N4O3. The monoisotopic (exact) mass is 392 g/mol. The van der Waals surface area contributed by atoms with Gasteiger partial charge >= 0.3 is 5.97 Å². The van der Waals surface area contributed by atoms with E-state index in [1.807, 2.05) is 41.8 Å². The number of hydrogen-bond donors (Lipinski definition) is 1. The van der Waals surface area contributed by atoms with Crippen molar-refractivity contribution in [2.24, 2.45) is 0 Å². The van der Waals surface area contributed by atoms with Gasteiger partial charge in [-0.1, -0.05) is 12.1 Å². The van der Waals surface area contributed by atoms with Gasteiger partial charge in [0.25, 0.3) is 0 Å². The number of nitrogens with two attached hydrogens (primary N) is 1. The van der Waals surface area contributed by atoms with Gasteiger partial charge in [-0.2, -0.15) is 0 Å². The first-order chi connectivity index (χ1) is 14.1. The van der Waals surface area contributed by atoms with Crippen LogP contribution in [0.2, 0.25) is 0 Å². The summed E-state index contributed by atoms with van der Waals surface area (Å²) in [6.45, 7) is 2.64. The fraction of sp³-hybridized carbons (Fsp3) is 0.318. The average Bonchev–Trinajstić information content (AvgIpc) is 2.97. The number of ether oxygens (including phenoxy) is 2. The highest BCUT2D eigenvalue weighted by molar-refractivity contribution is 5.90. The molecular weight excluding hydrogens is 368 g/mol. The lowest BCUT2D eigenvalue weighted by Crippen LogP contribution is -2.14. The maximum Gasteiger partial charge on any atom is 0.354 e. The molecule has 7 heteroatoms. The lowest BCUT2D eigenvalue weighted by Gasteiger charge is -2.15. The highest BCUT2D eigenvalue weighted by Gasteiger charge is 2.26. The molecule has 2 heterocycles. The van der Waals surface area contributed by atoms with Crippen molar-refractivity contribution in [1.29, 1.82) is 0 Å². The van der Waals surface area contributed by atoms with Crippen molar-refractivity contribution in [2.45, 2.75) is 32.7 Å². The molecule has 0 spiro atoms. The molecule has 29 heavy (non-hydrogen) atoms. The fourth-order valence-corrected chi connectivity index (χ4v) is 3.81. The van der Waals surface area contributed by atoms with Crippen LogP contribution in [0.15, 0.2) is 36.5 Å². The normalized spacial score (nSPS) is 12.6. The Morgan fingerprint density at radius 2 is 1.97 bits per heavy atom. The SMILES string of the molecule is CCOC(=O)c1cc2c(n1Cc1ccc(OC)cc1)-c1nc(N)ncc1CCC2. The second-order valence-electron chi connectivity index (χ2n) is 7.01. The largest absolute Gasteiger partial charge is 0.497 e. The van der Waals surface area contributed by atoms with Crippen LogP contribution in [0.4, 0.5) is 5.95 Å². The second-order valence-corrected chi connectivity index (χ2v) is 7.01. The smallest absolute Gasteiger partial charge is 0.354 e. The van der Waals surface area contributed by atoms with E-state index in [1.165, 1.54) is 0 Å². The van der Waals surface area contributed by atoms with Crippen molar-refractivity contribution in [3.8, 4) is 17.1 Å². The van der Waals surface area contributed by atoms with Crippen molar-refractivity contribution in [2.75, 3.05) is 19.5 Å². The number of carbonyl (C=O) groups excluding carboxylic acids is 1. The molecule has 0 fully saturated rings.